The minimum absolute atomic E-state index is 1.06. The first-order valence-corrected chi connectivity index (χ1v) is 4.70. The van der Waals surface area contributed by atoms with Gasteiger partial charge in [0, 0.05) is 18.8 Å². The Bertz CT molecular complexity index is 265. The van der Waals surface area contributed by atoms with E-state index in [1.165, 1.54) is 18.5 Å². The molecule has 0 spiro atoms. The van der Waals surface area contributed by atoms with Crippen LogP contribution in [0.2, 0.25) is 0 Å². The van der Waals surface area contributed by atoms with Crippen molar-refractivity contribution in [3.8, 4) is 0 Å². The Labute approximate surface area is 72.8 Å². The van der Waals surface area contributed by atoms with Gasteiger partial charge in [0.1, 0.15) is 0 Å². The number of aromatic nitrogens is 2. The quantitative estimate of drug-likeness (QED) is 0.685. The molecule has 1 aliphatic heterocycles. The molecule has 0 saturated heterocycles. The number of hydrogen-bond donors (Lipinski definition) is 1. The average molecular weight is 165 g/mol. The van der Waals surface area contributed by atoms with Crippen LogP contribution in [0, 0.1) is 0 Å². The van der Waals surface area contributed by atoms with E-state index in [1.54, 1.807) is 0 Å². The summed E-state index contributed by atoms with van der Waals surface area (Å²) in [4.78, 5) is 4.34. The molecule has 0 aromatic carbocycles. The normalized spacial score (nSPS) is 16.4. The monoisotopic (exact) mass is 165 g/mol. The number of imidazole rings is 1. The highest BCUT2D eigenvalue weighted by Gasteiger charge is 2.10. The van der Waals surface area contributed by atoms with Crippen LogP contribution < -0.4 is 5.32 Å². The van der Waals surface area contributed by atoms with Crippen LogP contribution >= 0.6 is 0 Å². The highest BCUT2D eigenvalue weighted by molar-refractivity contribution is 5.30. The van der Waals surface area contributed by atoms with Crippen molar-refractivity contribution < 1.29 is 0 Å². The van der Waals surface area contributed by atoms with Crippen LogP contribution in [0.5, 0.6) is 0 Å². The summed E-state index contributed by atoms with van der Waals surface area (Å²) in [5.74, 6) is 1.06. The summed E-state index contributed by atoms with van der Waals surface area (Å²) < 4.78 is 2.30. The lowest BCUT2D eigenvalue weighted by Crippen LogP contribution is -2.05. The van der Waals surface area contributed by atoms with Crippen LogP contribution in [-0.4, -0.2) is 16.1 Å². The molecule has 1 aromatic heterocycles. The first-order valence-electron chi connectivity index (χ1n) is 4.70. The van der Waals surface area contributed by atoms with Gasteiger partial charge in [-0.1, -0.05) is 6.92 Å². The first kappa shape index (κ1) is 7.65. The van der Waals surface area contributed by atoms with Crippen molar-refractivity contribution in [2.45, 2.75) is 32.7 Å². The third kappa shape index (κ3) is 1.19. The van der Waals surface area contributed by atoms with Gasteiger partial charge in [0.15, 0.2) is 0 Å². The molecule has 1 aromatic rings. The molecule has 0 aliphatic carbocycles. The van der Waals surface area contributed by atoms with Gasteiger partial charge >= 0.3 is 0 Å². The Kier molecular flexibility index (Phi) is 2.02. The third-order valence-electron chi connectivity index (χ3n) is 2.39. The maximum absolute atomic E-state index is 4.34. The summed E-state index contributed by atoms with van der Waals surface area (Å²) in [7, 11) is 0. The molecule has 2 rings (SSSR count). The van der Waals surface area contributed by atoms with Crippen molar-refractivity contribution in [3.63, 3.8) is 0 Å². The molecule has 66 valence electrons. The van der Waals surface area contributed by atoms with Gasteiger partial charge in [-0.25, -0.2) is 4.98 Å². The summed E-state index contributed by atoms with van der Waals surface area (Å²) in [5.41, 5.74) is 1.35. The zero-order chi connectivity index (χ0) is 8.39. The maximum Gasteiger partial charge on any atom is 0.202 e. The standard InChI is InChI=1S/C9H15N3/c1-2-8-7-11-9-10-5-3-4-6-12(8)9/h7H,2-6H2,1H3,(H,10,11). The fraction of sp³-hybridized carbons (Fsp3) is 0.667. The Morgan fingerprint density at radius 2 is 2.50 bits per heavy atom. The Morgan fingerprint density at radius 3 is 3.33 bits per heavy atom. The number of fused-ring (bicyclic) bond motifs is 1. The smallest absolute Gasteiger partial charge is 0.202 e. The first-order chi connectivity index (χ1) is 5.92. The molecular formula is C9H15N3. The molecule has 0 unspecified atom stereocenters. The van der Waals surface area contributed by atoms with Crippen LogP contribution in [0.4, 0.5) is 5.95 Å². The summed E-state index contributed by atoms with van der Waals surface area (Å²) in [5, 5.41) is 3.33. The lowest BCUT2D eigenvalue weighted by Gasteiger charge is -2.06. The predicted molar refractivity (Wildman–Crippen MR) is 49.3 cm³/mol. The number of anilines is 1. The number of rotatable bonds is 1. The van der Waals surface area contributed by atoms with Gasteiger partial charge in [-0.2, -0.15) is 0 Å². The topological polar surface area (TPSA) is 29.9 Å². The molecule has 0 radical (unpaired) electrons. The number of nitrogens with zero attached hydrogens (tertiary/aromatic N) is 2. The Hall–Kier alpha value is -0.990. The lowest BCUT2D eigenvalue weighted by atomic mass is 10.3. The molecule has 3 nitrogen and oxygen atoms in total. The Balaban J connectivity index is 2.32. The van der Waals surface area contributed by atoms with E-state index in [1.807, 2.05) is 6.20 Å². The van der Waals surface area contributed by atoms with Crippen molar-refractivity contribution in [1.29, 1.82) is 0 Å². The lowest BCUT2D eigenvalue weighted by molar-refractivity contribution is 0.634. The zero-order valence-corrected chi connectivity index (χ0v) is 7.51. The molecule has 1 N–H and O–H groups in total. The second kappa shape index (κ2) is 3.17. The van der Waals surface area contributed by atoms with Crippen LogP contribution in [0.3, 0.4) is 0 Å². The minimum Gasteiger partial charge on any atom is -0.356 e. The van der Waals surface area contributed by atoms with Crippen molar-refractivity contribution >= 4 is 5.95 Å². The molecule has 12 heavy (non-hydrogen) atoms. The average Bonchev–Trinajstić information content (AvgIpc) is 2.33. The van der Waals surface area contributed by atoms with E-state index in [0.29, 0.717) is 0 Å². The van der Waals surface area contributed by atoms with Crippen molar-refractivity contribution in [1.82, 2.24) is 9.55 Å². The van der Waals surface area contributed by atoms with E-state index in [0.717, 1.165) is 25.5 Å². The minimum atomic E-state index is 1.06. The summed E-state index contributed by atoms with van der Waals surface area (Å²) in [6.45, 7) is 4.38. The van der Waals surface area contributed by atoms with Crippen LogP contribution in [-0.2, 0) is 13.0 Å². The molecule has 0 saturated carbocycles. The maximum atomic E-state index is 4.34. The van der Waals surface area contributed by atoms with Gasteiger partial charge in [-0.05, 0) is 19.3 Å². The van der Waals surface area contributed by atoms with Crippen LogP contribution in [0.15, 0.2) is 6.20 Å². The van der Waals surface area contributed by atoms with E-state index in [2.05, 4.69) is 21.8 Å². The second-order valence-corrected chi connectivity index (χ2v) is 3.21. The van der Waals surface area contributed by atoms with E-state index in [4.69, 9.17) is 0 Å². The zero-order valence-electron chi connectivity index (χ0n) is 7.51. The van der Waals surface area contributed by atoms with E-state index >= 15 is 0 Å². The Morgan fingerprint density at radius 1 is 1.58 bits per heavy atom. The fourth-order valence-corrected chi connectivity index (χ4v) is 1.68. The number of nitrogens with one attached hydrogen (secondary N) is 1. The highest BCUT2D eigenvalue weighted by atomic mass is 15.2. The third-order valence-corrected chi connectivity index (χ3v) is 2.39. The molecule has 3 heteroatoms. The van der Waals surface area contributed by atoms with Gasteiger partial charge in [0.05, 0.1) is 6.20 Å². The molecule has 0 bridgehead atoms. The molecule has 0 fully saturated rings. The number of aryl methyl sites for hydroxylation is 1. The molecule has 0 amide bonds. The van der Waals surface area contributed by atoms with E-state index in [9.17, 15) is 0 Å². The summed E-state index contributed by atoms with van der Waals surface area (Å²) in [6.07, 6.45) is 5.58. The van der Waals surface area contributed by atoms with Crippen molar-refractivity contribution in [2.75, 3.05) is 11.9 Å². The van der Waals surface area contributed by atoms with Gasteiger partial charge in [0.25, 0.3) is 0 Å². The largest absolute Gasteiger partial charge is 0.356 e. The van der Waals surface area contributed by atoms with Gasteiger partial charge in [-0.15, -0.1) is 0 Å². The van der Waals surface area contributed by atoms with E-state index in [-0.39, 0.29) is 0 Å². The summed E-state index contributed by atoms with van der Waals surface area (Å²) in [6, 6.07) is 0. The summed E-state index contributed by atoms with van der Waals surface area (Å²) >= 11 is 0. The molecule has 1 aliphatic rings. The van der Waals surface area contributed by atoms with Crippen LogP contribution in [0.1, 0.15) is 25.5 Å². The van der Waals surface area contributed by atoms with Gasteiger partial charge in [0.2, 0.25) is 5.95 Å². The van der Waals surface area contributed by atoms with Crippen molar-refractivity contribution in [3.05, 3.63) is 11.9 Å². The van der Waals surface area contributed by atoms with Crippen LogP contribution in [0.25, 0.3) is 0 Å². The fourth-order valence-electron chi connectivity index (χ4n) is 1.68. The highest BCUT2D eigenvalue weighted by Crippen LogP contribution is 2.15. The van der Waals surface area contributed by atoms with Gasteiger partial charge in [-0.3, -0.25) is 0 Å². The van der Waals surface area contributed by atoms with E-state index < -0.39 is 0 Å². The number of hydrogen-bond acceptors (Lipinski definition) is 2. The molecule has 0 atom stereocenters. The van der Waals surface area contributed by atoms with Gasteiger partial charge < -0.3 is 9.88 Å². The predicted octanol–water partition coefficient (Wildman–Crippen LogP) is 1.65. The SMILES string of the molecule is CCc1cnc2n1CCCCN2. The second-order valence-electron chi connectivity index (χ2n) is 3.21. The molecular weight excluding hydrogens is 150 g/mol. The van der Waals surface area contributed by atoms with Crippen molar-refractivity contribution in [2.24, 2.45) is 0 Å². The molecule has 2 heterocycles.